The lowest BCUT2D eigenvalue weighted by atomic mass is 9.92. The third-order valence-corrected chi connectivity index (χ3v) is 3.16. The molecule has 0 unspecified atom stereocenters. The number of halogens is 1. The summed E-state index contributed by atoms with van der Waals surface area (Å²) in [6.45, 7) is 6.81. The number of carbonyl (C=O) groups is 1. The first-order chi connectivity index (χ1) is 7.14. The van der Waals surface area contributed by atoms with Gasteiger partial charge in [0.1, 0.15) is 0 Å². The molecular formula is C12H27ClN2O. The molecule has 3 nitrogen and oxygen atoms in total. The summed E-state index contributed by atoms with van der Waals surface area (Å²) in [5.41, 5.74) is 5.54. The average Bonchev–Trinajstić information content (AvgIpc) is 2.26. The second kappa shape index (κ2) is 9.91. The Labute approximate surface area is 106 Å². The molecule has 0 spiro atoms. The molecule has 0 aromatic rings. The lowest BCUT2D eigenvalue weighted by Gasteiger charge is -2.31. The zero-order valence-corrected chi connectivity index (χ0v) is 11.7. The van der Waals surface area contributed by atoms with E-state index in [-0.39, 0.29) is 23.9 Å². The smallest absolute Gasteiger partial charge is 0.220 e. The molecule has 0 aliphatic carbocycles. The molecule has 0 aromatic carbocycles. The number of hydrogen-bond acceptors (Lipinski definition) is 2. The van der Waals surface area contributed by atoms with Gasteiger partial charge in [-0.15, -0.1) is 12.4 Å². The predicted molar refractivity (Wildman–Crippen MR) is 71.9 cm³/mol. The Kier molecular flexibility index (Phi) is 11.2. The van der Waals surface area contributed by atoms with Crippen LogP contribution in [0.3, 0.4) is 0 Å². The van der Waals surface area contributed by atoms with E-state index in [1.807, 2.05) is 0 Å². The van der Waals surface area contributed by atoms with Gasteiger partial charge in [0.2, 0.25) is 5.91 Å². The fourth-order valence-electron chi connectivity index (χ4n) is 1.66. The van der Waals surface area contributed by atoms with Crippen LogP contribution in [-0.4, -0.2) is 18.0 Å². The van der Waals surface area contributed by atoms with E-state index in [0.717, 1.165) is 32.1 Å². The molecule has 0 saturated heterocycles. The number of amides is 1. The quantitative estimate of drug-likeness (QED) is 0.651. The van der Waals surface area contributed by atoms with Gasteiger partial charge >= 0.3 is 0 Å². The normalized spacial score (nSPS) is 10.8. The Balaban J connectivity index is 0. The third-order valence-electron chi connectivity index (χ3n) is 3.16. The molecule has 0 radical (unpaired) electrons. The van der Waals surface area contributed by atoms with Crippen LogP contribution in [0.4, 0.5) is 0 Å². The lowest BCUT2D eigenvalue weighted by Crippen LogP contribution is -2.52. The molecule has 98 valence electrons. The summed E-state index contributed by atoms with van der Waals surface area (Å²) in [5, 5.41) is 3.07. The Morgan fingerprint density at radius 3 is 2.12 bits per heavy atom. The van der Waals surface area contributed by atoms with Crippen molar-refractivity contribution in [3.05, 3.63) is 0 Å². The van der Waals surface area contributed by atoms with Crippen molar-refractivity contribution in [1.82, 2.24) is 5.32 Å². The summed E-state index contributed by atoms with van der Waals surface area (Å²) in [4.78, 5) is 11.6. The Bertz CT molecular complexity index is 174. The van der Waals surface area contributed by atoms with Crippen LogP contribution in [0.25, 0.3) is 0 Å². The molecule has 0 saturated carbocycles. The summed E-state index contributed by atoms with van der Waals surface area (Å²) < 4.78 is 0. The first-order valence-electron chi connectivity index (χ1n) is 6.15. The summed E-state index contributed by atoms with van der Waals surface area (Å²) in [7, 11) is 0. The van der Waals surface area contributed by atoms with Crippen molar-refractivity contribution in [2.24, 2.45) is 5.73 Å². The molecule has 0 heterocycles. The minimum absolute atomic E-state index is 0. The molecule has 1 amide bonds. The standard InChI is InChI=1S/C12H26N2O.ClH/c1-4-7-8-9-11(15)14-12(5-2,6-3)10-13;/h4-10,13H2,1-3H3,(H,14,15);1H. The topological polar surface area (TPSA) is 55.1 Å². The Morgan fingerprint density at radius 2 is 1.75 bits per heavy atom. The van der Waals surface area contributed by atoms with Crippen molar-refractivity contribution in [2.75, 3.05) is 6.54 Å². The molecule has 4 heteroatoms. The van der Waals surface area contributed by atoms with Crippen molar-refractivity contribution < 1.29 is 4.79 Å². The van der Waals surface area contributed by atoms with Crippen LogP contribution < -0.4 is 11.1 Å². The fraction of sp³-hybridized carbons (Fsp3) is 0.917. The molecule has 0 aliphatic heterocycles. The van der Waals surface area contributed by atoms with Crippen molar-refractivity contribution in [3.63, 3.8) is 0 Å². The maximum atomic E-state index is 11.6. The predicted octanol–water partition coefficient (Wildman–Crippen LogP) is 2.62. The fourth-order valence-corrected chi connectivity index (χ4v) is 1.66. The molecule has 0 fully saturated rings. The molecule has 16 heavy (non-hydrogen) atoms. The maximum Gasteiger partial charge on any atom is 0.220 e. The van der Waals surface area contributed by atoms with E-state index >= 15 is 0 Å². The highest BCUT2D eigenvalue weighted by molar-refractivity contribution is 5.85. The van der Waals surface area contributed by atoms with E-state index in [4.69, 9.17) is 5.73 Å². The van der Waals surface area contributed by atoms with Crippen LogP contribution in [0.1, 0.15) is 59.3 Å². The largest absolute Gasteiger partial charge is 0.349 e. The van der Waals surface area contributed by atoms with E-state index in [1.54, 1.807) is 0 Å². The van der Waals surface area contributed by atoms with Gasteiger partial charge in [-0.1, -0.05) is 33.6 Å². The zero-order valence-electron chi connectivity index (χ0n) is 10.8. The minimum atomic E-state index is -0.177. The van der Waals surface area contributed by atoms with Crippen LogP contribution in [0.15, 0.2) is 0 Å². The number of hydrogen-bond donors (Lipinski definition) is 2. The zero-order chi connectivity index (χ0) is 11.7. The highest BCUT2D eigenvalue weighted by Gasteiger charge is 2.25. The van der Waals surface area contributed by atoms with Gasteiger partial charge in [0, 0.05) is 13.0 Å². The summed E-state index contributed by atoms with van der Waals surface area (Å²) in [6, 6.07) is 0. The maximum absolute atomic E-state index is 11.6. The molecule has 0 bridgehead atoms. The van der Waals surface area contributed by atoms with Crippen molar-refractivity contribution in [1.29, 1.82) is 0 Å². The summed E-state index contributed by atoms with van der Waals surface area (Å²) in [5.74, 6) is 0.151. The Morgan fingerprint density at radius 1 is 1.19 bits per heavy atom. The number of rotatable bonds is 8. The molecule has 3 N–H and O–H groups in total. The number of carbonyl (C=O) groups excluding carboxylic acids is 1. The van der Waals surface area contributed by atoms with Crippen LogP contribution in [0.5, 0.6) is 0 Å². The van der Waals surface area contributed by atoms with Gasteiger partial charge in [0.15, 0.2) is 0 Å². The van der Waals surface area contributed by atoms with Gasteiger partial charge in [-0.25, -0.2) is 0 Å². The van der Waals surface area contributed by atoms with Gasteiger partial charge < -0.3 is 11.1 Å². The molecule has 0 aliphatic rings. The highest BCUT2D eigenvalue weighted by Crippen LogP contribution is 2.13. The van der Waals surface area contributed by atoms with E-state index in [0.29, 0.717) is 13.0 Å². The molecule has 0 atom stereocenters. The van der Waals surface area contributed by atoms with Crippen molar-refractivity contribution in [2.45, 2.75) is 64.8 Å². The van der Waals surface area contributed by atoms with Crippen LogP contribution >= 0.6 is 12.4 Å². The van der Waals surface area contributed by atoms with Crippen molar-refractivity contribution >= 4 is 18.3 Å². The van der Waals surface area contributed by atoms with Gasteiger partial charge in [0.25, 0.3) is 0 Å². The minimum Gasteiger partial charge on any atom is -0.349 e. The van der Waals surface area contributed by atoms with Gasteiger partial charge in [0.05, 0.1) is 5.54 Å². The highest BCUT2D eigenvalue weighted by atomic mass is 35.5. The van der Waals surface area contributed by atoms with E-state index < -0.39 is 0 Å². The summed E-state index contributed by atoms with van der Waals surface area (Å²) >= 11 is 0. The lowest BCUT2D eigenvalue weighted by molar-refractivity contribution is -0.123. The van der Waals surface area contributed by atoms with Gasteiger partial charge in [-0.2, -0.15) is 0 Å². The second-order valence-corrected chi connectivity index (χ2v) is 4.20. The van der Waals surface area contributed by atoms with E-state index in [9.17, 15) is 4.79 Å². The van der Waals surface area contributed by atoms with E-state index in [1.165, 1.54) is 0 Å². The molecule has 0 rings (SSSR count). The number of unbranched alkanes of at least 4 members (excludes halogenated alkanes) is 2. The average molecular weight is 251 g/mol. The molecular weight excluding hydrogens is 224 g/mol. The van der Waals surface area contributed by atoms with Gasteiger partial charge in [-0.3, -0.25) is 4.79 Å². The monoisotopic (exact) mass is 250 g/mol. The Hall–Kier alpha value is -0.280. The number of nitrogens with two attached hydrogens (primary N) is 1. The van der Waals surface area contributed by atoms with Crippen LogP contribution in [0.2, 0.25) is 0 Å². The summed E-state index contributed by atoms with van der Waals surface area (Å²) in [6.07, 6.45) is 5.70. The van der Waals surface area contributed by atoms with Crippen molar-refractivity contribution in [3.8, 4) is 0 Å². The first-order valence-corrected chi connectivity index (χ1v) is 6.15. The second-order valence-electron chi connectivity index (χ2n) is 4.20. The number of nitrogens with one attached hydrogen (secondary N) is 1. The van der Waals surface area contributed by atoms with Crippen LogP contribution in [-0.2, 0) is 4.79 Å². The van der Waals surface area contributed by atoms with E-state index in [2.05, 4.69) is 26.1 Å². The van der Waals surface area contributed by atoms with Crippen LogP contribution in [0, 0.1) is 0 Å². The first kappa shape index (κ1) is 18.1. The third kappa shape index (κ3) is 6.33. The van der Waals surface area contributed by atoms with Gasteiger partial charge in [-0.05, 0) is 19.3 Å². The SMILES string of the molecule is CCCCCC(=O)NC(CC)(CC)CN.Cl. The molecule has 0 aromatic heterocycles.